The number of rotatable bonds is 7. The van der Waals surface area contributed by atoms with Crippen molar-refractivity contribution in [1.29, 1.82) is 0 Å². The predicted molar refractivity (Wildman–Crippen MR) is 121 cm³/mol. The normalized spacial score (nSPS) is 27.6. The third-order valence-corrected chi connectivity index (χ3v) is 6.58. The Hall–Kier alpha value is -2.82. The molecule has 2 fully saturated rings. The number of esters is 2. The van der Waals surface area contributed by atoms with E-state index < -0.39 is 30.1 Å². The summed E-state index contributed by atoms with van der Waals surface area (Å²) < 4.78 is 34.4. The van der Waals surface area contributed by atoms with Crippen molar-refractivity contribution in [3.8, 4) is 0 Å². The lowest BCUT2D eigenvalue weighted by Crippen LogP contribution is -2.44. The molecule has 4 rings (SSSR count). The zero-order chi connectivity index (χ0) is 24.5. The standard InChI is InChI=1S/C23H32FN5O5/c1-13-27-20(25-4)18-21(28-13)29(12-26-18)22-23(3,24)19(33-14(2)30)16(34-22)11-32-17(31)10-15-8-6-5-7-9-15/h12,15-16,19,22H,5-11H2,1-4H3,(H,25,27,28)/t16-,19-,22-,23-/m1/s1. The Morgan fingerprint density at radius 2 is 2.03 bits per heavy atom. The molecule has 1 N–H and O–H groups in total. The predicted octanol–water partition coefficient (Wildman–Crippen LogP) is 3.25. The van der Waals surface area contributed by atoms with Crippen LogP contribution in [0, 0.1) is 12.8 Å². The Bertz CT molecular complexity index is 1050. The average molecular weight is 478 g/mol. The smallest absolute Gasteiger partial charge is 0.306 e. The summed E-state index contributed by atoms with van der Waals surface area (Å²) in [5, 5.41) is 2.96. The highest BCUT2D eigenvalue weighted by atomic mass is 19.1. The first-order chi connectivity index (χ1) is 16.2. The van der Waals surface area contributed by atoms with Gasteiger partial charge in [0.2, 0.25) is 0 Å². The minimum atomic E-state index is -2.14. The number of anilines is 1. The summed E-state index contributed by atoms with van der Waals surface area (Å²) in [4.78, 5) is 37.2. The molecule has 3 heterocycles. The Morgan fingerprint density at radius 3 is 2.71 bits per heavy atom. The van der Waals surface area contributed by atoms with Crippen LogP contribution in [0.25, 0.3) is 11.2 Å². The number of nitrogens with zero attached hydrogens (tertiary/aromatic N) is 4. The zero-order valence-electron chi connectivity index (χ0n) is 20.0. The molecule has 0 amide bonds. The number of aromatic nitrogens is 4. The van der Waals surface area contributed by atoms with Gasteiger partial charge in [-0.3, -0.25) is 14.2 Å². The number of imidazole rings is 1. The van der Waals surface area contributed by atoms with Crippen LogP contribution in [-0.2, 0) is 23.8 Å². The van der Waals surface area contributed by atoms with Crippen LogP contribution in [0.5, 0.6) is 0 Å². The second-order valence-corrected chi connectivity index (χ2v) is 9.29. The van der Waals surface area contributed by atoms with Crippen LogP contribution >= 0.6 is 0 Å². The maximum atomic E-state index is 16.2. The molecule has 2 aliphatic rings. The van der Waals surface area contributed by atoms with Gasteiger partial charge in [0.1, 0.15) is 18.5 Å². The minimum absolute atomic E-state index is 0.220. The van der Waals surface area contributed by atoms with E-state index in [2.05, 4.69) is 20.3 Å². The van der Waals surface area contributed by atoms with Gasteiger partial charge in [0.25, 0.3) is 0 Å². The first-order valence-electron chi connectivity index (χ1n) is 11.8. The number of aryl methyl sites for hydroxylation is 1. The van der Waals surface area contributed by atoms with Crippen molar-refractivity contribution >= 4 is 28.9 Å². The van der Waals surface area contributed by atoms with Crippen molar-refractivity contribution in [1.82, 2.24) is 19.5 Å². The molecule has 1 aliphatic carbocycles. The van der Waals surface area contributed by atoms with Crippen molar-refractivity contribution in [2.45, 2.75) is 83.4 Å². The van der Waals surface area contributed by atoms with Crippen molar-refractivity contribution in [2.75, 3.05) is 19.0 Å². The van der Waals surface area contributed by atoms with Gasteiger partial charge in [0.05, 0.1) is 6.33 Å². The fourth-order valence-electron chi connectivity index (χ4n) is 4.94. The molecule has 11 heteroatoms. The highest BCUT2D eigenvalue weighted by Crippen LogP contribution is 2.44. The van der Waals surface area contributed by atoms with Gasteiger partial charge >= 0.3 is 11.9 Å². The topological polar surface area (TPSA) is 117 Å². The molecule has 0 radical (unpaired) electrons. The quantitative estimate of drug-likeness (QED) is 0.600. The fourth-order valence-corrected chi connectivity index (χ4v) is 4.94. The van der Waals surface area contributed by atoms with E-state index in [0.717, 1.165) is 25.7 Å². The van der Waals surface area contributed by atoms with E-state index in [1.165, 1.54) is 31.2 Å². The number of nitrogens with one attached hydrogen (secondary N) is 1. The van der Waals surface area contributed by atoms with E-state index >= 15 is 4.39 Å². The van der Waals surface area contributed by atoms with Crippen LogP contribution in [0.4, 0.5) is 10.2 Å². The highest BCUT2D eigenvalue weighted by Gasteiger charge is 2.58. The molecule has 34 heavy (non-hydrogen) atoms. The summed E-state index contributed by atoms with van der Waals surface area (Å²) in [7, 11) is 1.71. The lowest BCUT2D eigenvalue weighted by Gasteiger charge is -2.27. The summed E-state index contributed by atoms with van der Waals surface area (Å²) >= 11 is 0. The fraction of sp³-hybridized carbons (Fsp3) is 0.696. The second-order valence-electron chi connectivity index (χ2n) is 9.29. The molecule has 10 nitrogen and oxygen atoms in total. The maximum absolute atomic E-state index is 16.2. The average Bonchev–Trinajstić information content (AvgIpc) is 3.30. The van der Waals surface area contributed by atoms with Crippen LogP contribution in [0.2, 0.25) is 0 Å². The zero-order valence-corrected chi connectivity index (χ0v) is 20.0. The number of alkyl halides is 1. The summed E-state index contributed by atoms with van der Waals surface area (Å²) in [5.74, 6) is 0.293. The van der Waals surface area contributed by atoms with Gasteiger partial charge in [-0.25, -0.2) is 19.3 Å². The second kappa shape index (κ2) is 9.81. The van der Waals surface area contributed by atoms with E-state index in [1.54, 1.807) is 14.0 Å². The molecule has 0 unspecified atom stereocenters. The molecular weight excluding hydrogens is 445 g/mol. The van der Waals surface area contributed by atoms with Gasteiger partial charge < -0.3 is 19.5 Å². The van der Waals surface area contributed by atoms with Gasteiger partial charge in [-0.15, -0.1) is 0 Å². The molecule has 2 aromatic rings. The van der Waals surface area contributed by atoms with Crippen LogP contribution in [0.15, 0.2) is 6.33 Å². The van der Waals surface area contributed by atoms with Gasteiger partial charge in [-0.05, 0) is 32.6 Å². The number of carbonyl (C=O) groups is 2. The molecule has 1 aliphatic heterocycles. The number of hydrogen-bond acceptors (Lipinski definition) is 9. The number of halogens is 1. The molecule has 186 valence electrons. The van der Waals surface area contributed by atoms with Gasteiger partial charge in [0, 0.05) is 20.4 Å². The van der Waals surface area contributed by atoms with E-state index in [1.807, 2.05) is 0 Å². The van der Waals surface area contributed by atoms with E-state index in [4.69, 9.17) is 14.2 Å². The highest BCUT2D eigenvalue weighted by molar-refractivity contribution is 5.83. The van der Waals surface area contributed by atoms with E-state index in [-0.39, 0.29) is 12.6 Å². The van der Waals surface area contributed by atoms with Gasteiger partial charge in [-0.2, -0.15) is 0 Å². The van der Waals surface area contributed by atoms with Crippen molar-refractivity contribution in [3.05, 3.63) is 12.2 Å². The van der Waals surface area contributed by atoms with Gasteiger partial charge in [-0.1, -0.05) is 19.3 Å². The molecular formula is C23H32FN5O5. The number of hydrogen-bond donors (Lipinski definition) is 1. The van der Waals surface area contributed by atoms with Crippen LogP contribution in [0.3, 0.4) is 0 Å². The Labute approximate surface area is 197 Å². The molecule has 2 aromatic heterocycles. The molecule has 1 saturated heterocycles. The summed E-state index contributed by atoms with van der Waals surface area (Å²) in [6.45, 7) is 4.01. The van der Waals surface area contributed by atoms with E-state index in [9.17, 15) is 9.59 Å². The Morgan fingerprint density at radius 1 is 1.29 bits per heavy atom. The van der Waals surface area contributed by atoms with E-state index in [0.29, 0.717) is 35.1 Å². The third kappa shape index (κ3) is 4.84. The summed E-state index contributed by atoms with van der Waals surface area (Å²) in [6, 6.07) is 0. The Balaban J connectivity index is 1.55. The number of ether oxygens (including phenoxy) is 3. The van der Waals surface area contributed by atoms with Gasteiger partial charge in [0.15, 0.2) is 35.0 Å². The molecule has 1 saturated carbocycles. The third-order valence-electron chi connectivity index (χ3n) is 6.58. The SMILES string of the molecule is CNc1nc(C)nc2c1ncn2[C@@H]1O[C@H](COC(=O)CC2CCCCC2)[C@@H](OC(C)=O)[C@@]1(C)F. The first-order valence-corrected chi connectivity index (χ1v) is 11.8. The maximum Gasteiger partial charge on any atom is 0.306 e. The van der Waals surface area contributed by atoms with Crippen LogP contribution in [-0.4, -0.2) is 63.0 Å². The largest absolute Gasteiger partial charge is 0.463 e. The minimum Gasteiger partial charge on any atom is -0.463 e. The Kier molecular flexibility index (Phi) is 7.01. The summed E-state index contributed by atoms with van der Waals surface area (Å²) in [6.07, 6.45) is 3.76. The van der Waals surface area contributed by atoms with Crippen LogP contribution in [0.1, 0.15) is 64.4 Å². The van der Waals surface area contributed by atoms with Crippen molar-refractivity contribution in [2.24, 2.45) is 5.92 Å². The lowest BCUT2D eigenvalue weighted by atomic mass is 9.87. The van der Waals surface area contributed by atoms with Crippen molar-refractivity contribution < 1.29 is 28.2 Å². The van der Waals surface area contributed by atoms with Crippen molar-refractivity contribution in [3.63, 3.8) is 0 Å². The number of carbonyl (C=O) groups excluding carboxylic acids is 2. The summed E-state index contributed by atoms with van der Waals surface area (Å²) in [5.41, 5.74) is -1.31. The monoisotopic (exact) mass is 477 g/mol. The molecule has 0 aromatic carbocycles. The molecule has 0 spiro atoms. The van der Waals surface area contributed by atoms with Crippen LogP contribution < -0.4 is 5.32 Å². The number of fused-ring (bicyclic) bond motifs is 1. The lowest BCUT2D eigenvalue weighted by molar-refractivity contribution is -0.159. The molecule has 4 atom stereocenters. The molecule has 0 bridgehead atoms. The first kappa shape index (κ1) is 24.3.